The number of fused-ring (bicyclic) bond motifs is 1. The number of rotatable bonds is 2. The zero-order valence-electron chi connectivity index (χ0n) is 10.3. The number of aliphatic hydroxyl groups excluding tert-OH is 1. The highest BCUT2D eigenvalue weighted by Crippen LogP contribution is 2.29. The zero-order chi connectivity index (χ0) is 12.5. The van der Waals surface area contributed by atoms with Crippen molar-refractivity contribution in [3.63, 3.8) is 0 Å². The van der Waals surface area contributed by atoms with E-state index in [2.05, 4.69) is 54.2 Å². The summed E-state index contributed by atoms with van der Waals surface area (Å²) in [6.45, 7) is 0.0931. The number of nitrogens with zero attached hydrogens (tertiary/aromatic N) is 1. The van der Waals surface area contributed by atoms with Crippen LogP contribution in [0.4, 0.5) is 0 Å². The Labute approximate surface area is 106 Å². The van der Waals surface area contributed by atoms with E-state index in [9.17, 15) is 0 Å². The molecule has 0 fully saturated rings. The van der Waals surface area contributed by atoms with Crippen molar-refractivity contribution in [3.8, 4) is 11.1 Å². The third-order valence-electron chi connectivity index (χ3n) is 3.38. The van der Waals surface area contributed by atoms with Crippen molar-refractivity contribution in [3.05, 3.63) is 60.3 Å². The van der Waals surface area contributed by atoms with Crippen molar-refractivity contribution in [2.45, 2.75) is 6.61 Å². The Morgan fingerprint density at radius 1 is 1.00 bits per heavy atom. The fourth-order valence-corrected chi connectivity index (χ4v) is 2.34. The molecule has 1 heterocycles. The van der Waals surface area contributed by atoms with Gasteiger partial charge in [0.05, 0.1) is 6.61 Å². The normalized spacial score (nSPS) is 11.0. The molecule has 0 saturated heterocycles. The number of benzene rings is 2. The smallest absolute Gasteiger partial charge is 0.0681 e. The highest BCUT2D eigenvalue weighted by atomic mass is 16.3. The van der Waals surface area contributed by atoms with Crippen molar-refractivity contribution < 1.29 is 5.11 Å². The molecule has 0 saturated carbocycles. The first-order valence-electron chi connectivity index (χ1n) is 6.04. The fraction of sp³-hybridized carbons (Fsp3) is 0.125. The minimum absolute atomic E-state index is 0.0931. The van der Waals surface area contributed by atoms with Crippen LogP contribution in [0.5, 0.6) is 0 Å². The van der Waals surface area contributed by atoms with Gasteiger partial charge in [-0.2, -0.15) is 0 Å². The Morgan fingerprint density at radius 3 is 2.50 bits per heavy atom. The summed E-state index contributed by atoms with van der Waals surface area (Å²) in [6, 6.07) is 16.5. The predicted molar refractivity (Wildman–Crippen MR) is 74.3 cm³/mol. The summed E-state index contributed by atoms with van der Waals surface area (Å²) in [5, 5.41) is 10.3. The van der Waals surface area contributed by atoms with Crippen molar-refractivity contribution in [2.75, 3.05) is 0 Å². The van der Waals surface area contributed by atoms with E-state index in [4.69, 9.17) is 5.11 Å². The van der Waals surface area contributed by atoms with E-state index in [0.29, 0.717) is 0 Å². The molecular formula is C16H15NO. The average molecular weight is 237 g/mol. The quantitative estimate of drug-likeness (QED) is 0.726. The van der Waals surface area contributed by atoms with Gasteiger partial charge in [-0.3, -0.25) is 0 Å². The van der Waals surface area contributed by atoms with E-state index < -0.39 is 0 Å². The maximum atomic E-state index is 9.07. The van der Waals surface area contributed by atoms with Gasteiger partial charge in [0.15, 0.2) is 0 Å². The van der Waals surface area contributed by atoms with E-state index in [-0.39, 0.29) is 6.61 Å². The van der Waals surface area contributed by atoms with Gasteiger partial charge in [-0.05, 0) is 28.8 Å². The van der Waals surface area contributed by atoms with Crippen LogP contribution in [0.15, 0.2) is 54.7 Å². The van der Waals surface area contributed by atoms with Crippen molar-refractivity contribution in [1.29, 1.82) is 0 Å². The van der Waals surface area contributed by atoms with Gasteiger partial charge in [0.2, 0.25) is 0 Å². The maximum Gasteiger partial charge on any atom is 0.0681 e. The van der Waals surface area contributed by atoms with Gasteiger partial charge in [-0.1, -0.05) is 36.4 Å². The molecule has 0 aliphatic carbocycles. The molecule has 90 valence electrons. The summed E-state index contributed by atoms with van der Waals surface area (Å²) in [7, 11) is 2.06. The van der Waals surface area contributed by atoms with Gasteiger partial charge in [0, 0.05) is 24.1 Å². The Kier molecular flexibility index (Phi) is 2.65. The van der Waals surface area contributed by atoms with Crippen LogP contribution in [0, 0.1) is 0 Å². The molecule has 0 aliphatic rings. The second-order valence-corrected chi connectivity index (χ2v) is 4.52. The predicted octanol–water partition coefficient (Wildman–Crippen LogP) is 3.34. The fourth-order valence-electron chi connectivity index (χ4n) is 2.34. The number of aryl methyl sites for hydroxylation is 1. The molecule has 1 N–H and O–H groups in total. The molecule has 0 radical (unpaired) electrons. The first-order valence-corrected chi connectivity index (χ1v) is 6.04. The lowest BCUT2D eigenvalue weighted by Crippen LogP contribution is -1.86. The summed E-state index contributed by atoms with van der Waals surface area (Å²) in [6.07, 6.45) is 2.08. The first-order chi connectivity index (χ1) is 8.79. The second-order valence-electron chi connectivity index (χ2n) is 4.52. The van der Waals surface area contributed by atoms with Crippen LogP contribution in [-0.4, -0.2) is 9.67 Å². The molecule has 2 aromatic carbocycles. The molecule has 0 aliphatic heterocycles. The average Bonchev–Trinajstić information content (AvgIpc) is 2.81. The second kappa shape index (κ2) is 4.31. The standard InChI is InChI=1S/C16H15NO/c1-17-10-9-15-14(3-2-4-16(15)17)13-7-5-12(11-18)6-8-13/h2-10,18H,11H2,1H3. The van der Waals surface area contributed by atoms with Crippen molar-refractivity contribution in [2.24, 2.45) is 7.05 Å². The third-order valence-corrected chi connectivity index (χ3v) is 3.38. The van der Waals surface area contributed by atoms with Gasteiger partial charge < -0.3 is 9.67 Å². The minimum Gasteiger partial charge on any atom is -0.392 e. The molecule has 0 atom stereocenters. The van der Waals surface area contributed by atoms with Crippen LogP contribution in [0.2, 0.25) is 0 Å². The molecule has 18 heavy (non-hydrogen) atoms. The summed E-state index contributed by atoms with van der Waals surface area (Å²) in [5.74, 6) is 0. The van der Waals surface area contributed by atoms with Crippen LogP contribution < -0.4 is 0 Å². The Morgan fingerprint density at radius 2 is 1.78 bits per heavy atom. The van der Waals surface area contributed by atoms with E-state index in [1.165, 1.54) is 22.0 Å². The number of aliphatic hydroxyl groups is 1. The van der Waals surface area contributed by atoms with Crippen molar-refractivity contribution >= 4 is 10.9 Å². The largest absolute Gasteiger partial charge is 0.392 e. The molecule has 2 nitrogen and oxygen atoms in total. The Hall–Kier alpha value is -2.06. The van der Waals surface area contributed by atoms with Gasteiger partial charge >= 0.3 is 0 Å². The molecular weight excluding hydrogens is 222 g/mol. The molecule has 0 unspecified atom stereocenters. The highest BCUT2D eigenvalue weighted by Gasteiger charge is 2.05. The summed E-state index contributed by atoms with van der Waals surface area (Å²) in [4.78, 5) is 0. The monoisotopic (exact) mass is 237 g/mol. The number of hydrogen-bond acceptors (Lipinski definition) is 1. The molecule has 0 bridgehead atoms. The molecule has 3 rings (SSSR count). The van der Waals surface area contributed by atoms with Gasteiger partial charge in [0.25, 0.3) is 0 Å². The maximum absolute atomic E-state index is 9.07. The Balaban J connectivity index is 2.18. The van der Waals surface area contributed by atoms with Gasteiger partial charge in [-0.15, -0.1) is 0 Å². The van der Waals surface area contributed by atoms with Crippen LogP contribution in [0.25, 0.3) is 22.0 Å². The summed E-state index contributed by atoms with van der Waals surface area (Å²) < 4.78 is 2.13. The number of aromatic nitrogens is 1. The van der Waals surface area contributed by atoms with Crippen molar-refractivity contribution in [1.82, 2.24) is 4.57 Å². The third kappa shape index (κ3) is 1.71. The van der Waals surface area contributed by atoms with Crippen LogP contribution in [-0.2, 0) is 13.7 Å². The topological polar surface area (TPSA) is 25.2 Å². The Bertz CT molecular complexity index is 680. The lowest BCUT2D eigenvalue weighted by molar-refractivity contribution is 0.282. The lowest BCUT2D eigenvalue weighted by Gasteiger charge is -2.05. The van der Waals surface area contributed by atoms with E-state index in [0.717, 1.165) is 5.56 Å². The van der Waals surface area contributed by atoms with Gasteiger partial charge in [-0.25, -0.2) is 0 Å². The summed E-state index contributed by atoms with van der Waals surface area (Å²) >= 11 is 0. The first kappa shape index (κ1) is 11.1. The lowest BCUT2D eigenvalue weighted by atomic mass is 10.0. The molecule has 1 aromatic heterocycles. The highest BCUT2D eigenvalue weighted by molar-refractivity contribution is 5.95. The number of hydrogen-bond donors (Lipinski definition) is 1. The van der Waals surface area contributed by atoms with E-state index >= 15 is 0 Å². The zero-order valence-corrected chi connectivity index (χ0v) is 10.3. The van der Waals surface area contributed by atoms with Crippen LogP contribution >= 0.6 is 0 Å². The molecule has 2 heteroatoms. The van der Waals surface area contributed by atoms with E-state index in [1.807, 2.05) is 12.1 Å². The van der Waals surface area contributed by atoms with Gasteiger partial charge in [0.1, 0.15) is 0 Å². The molecule has 3 aromatic rings. The minimum atomic E-state index is 0.0931. The molecule has 0 amide bonds. The van der Waals surface area contributed by atoms with E-state index in [1.54, 1.807) is 0 Å². The van der Waals surface area contributed by atoms with Crippen LogP contribution in [0.3, 0.4) is 0 Å². The van der Waals surface area contributed by atoms with Crippen LogP contribution in [0.1, 0.15) is 5.56 Å². The SMILES string of the molecule is Cn1ccc2c(-c3ccc(CO)cc3)cccc21. The summed E-state index contributed by atoms with van der Waals surface area (Å²) in [5.41, 5.74) is 4.60. The molecule has 0 spiro atoms.